The molecule has 0 aliphatic rings. The first-order valence-corrected chi connectivity index (χ1v) is 10.2. The highest BCUT2D eigenvalue weighted by Gasteiger charge is 2.15. The first kappa shape index (κ1) is 16.4. The maximum atomic E-state index is 6.25. The number of anilines is 1. The molecule has 1 heteroatoms. The summed E-state index contributed by atoms with van der Waals surface area (Å²) in [6, 6.07) is 22.2. The molecule has 5 aromatic carbocycles. The van der Waals surface area contributed by atoms with Gasteiger partial charge in [-0.3, -0.25) is 0 Å². The fourth-order valence-electron chi connectivity index (χ4n) is 4.78. The van der Waals surface area contributed by atoms with E-state index in [0.717, 1.165) is 12.1 Å². The molecule has 1 nitrogen and oxygen atoms in total. The Morgan fingerprint density at radius 2 is 1.48 bits per heavy atom. The molecular weight excluding hydrogens is 326 g/mol. The second-order valence-corrected chi connectivity index (χ2v) is 7.79. The Kier molecular flexibility index (Phi) is 3.89. The third-order valence-corrected chi connectivity index (χ3v) is 5.99. The third kappa shape index (κ3) is 2.53. The Morgan fingerprint density at radius 1 is 0.667 bits per heavy atom. The van der Waals surface area contributed by atoms with Gasteiger partial charge in [0.15, 0.2) is 0 Å². The van der Waals surface area contributed by atoms with Crippen LogP contribution >= 0.6 is 0 Å². The molecule has 5 aromatic rings. The van der Waals surface area contributed by atoms with E-state index in [0.29, 0.717) is 0 Å². The van der Waals surface area contributed by atoms with Crippen molar-refractivity contribution >= 4 is 48.8 Å². The molecule has 0 radical (unpaired) electrons. The van der Waals surface area contributed by atoms with Crippen molar-refractivity contribution in [1.29, 1.82) is 0 Å². The van der Waals surface area contributed by atoms with Gasteiger partial charge < -0.3 is 5.73 Å². The lowest BCUT2D eigenvalue weighted by Gasteiger charge is -2.17. The molecule has 0 amide bonds. The van der Waals surface area contributed by atoms with Gasteiger partial charge in [-0.05, 0) is 73.6 Å². The van der Waals surface area contributed by atoms with Crippen molar-refractivity contribution < 1.29 is 0 Å². The number of benzene rings is 5. The summed E-state index contributed by atoms with van der Waals surface area (Å²) in [6.07, 6.45) is 6.33. The van der Waals surface area contributed by atoms with Gasteiger partial charge >= 0.3 is 0 Å². The quantitative estimate of drug-likeness (QED) is 0.151. The highest BCUT2D eigenvalue weighted by Crippen LogP contribution is 2.42. The van der Waals surface area contributed by atoms with E-state index in [9.17, 15) is 0 Å². The Bertz CT molecular complexity index is 1270. The standard InChI is InChI=1S/C26H25N/c1-2-3-4-5-8-17-13-14-18-9-6-11-21-23-16-20(27)15-19-10-7-12-22(24(19)23)26(17)25(18)21/h6-7,9-16H,2-5,8,27H2,1H3. The first-order chi connectivity index (χ1) is 13.3. The van der Waals surface area contributed by atoms with Gasteiger partial charge in [0, 0.05) is 5.69 Å². The maximum absolute atomic E-state index is 6.25. The number of unbranched alkanes of at least 4 members (excludes halogenated alkanes) is 3. The summed E-state index contributed by atoms with van der Waals surface area (Å²) in [5.41, 5.74) is 8.57. The molecule has 27 heavy (non-hydrogen) atoms. The van der Waals surface area contributed by atoms with Crippen molar-refractivity contribution in [1.82, 2.24) is 0 Å². The van der Waals surface area contributed by atoms with Gasteiger partial charge in [-0.25, -0.2) is 0 Å². The highest BCUT2D eigenvalue weighted by molar-refractivity contribution is 6.33. The van der Waals surface area contributed by atoms with Gasteiger partial charge in [-0.15, -0.1) is 0 Å². The fraction of sp³-hybridized carbons (Fsp3) is 0.231. The number of fused-ring (bicyclic) bond motifs is 2. The molecule has 0 saturated carbocycles. The van der Waals surface area contributed by atoms with Crippen molar-refractivity contribution in [2.75, 3.05) is 5.73 Å². The summed E-state index contributed by atoms with van der Waals surface area (Å²) in [7, 11) is 0. The van der Waals surface area contributed by atoms with Crippen LogP contribution in [0.25, 0.3) is 43.1 Å². The molecule has 0 aliphatic carbocycles. The summed E-state index contributed by atoms with van der Waals surface area (Å²) in [5.74, 6) is 0. The van der Waals surface area contributed by atoms with E-state index in [1.54, 1.807) is 0 Å². The van der Waals surface area contributed by atoms with Crippen molar-refractivity contribution in [3.63, 3.8) is 0 Å². The van der Waals surface area contributed by atoms with Crippen molar-refractivity contribution in [2.24, 2.45) is 0 Å². The largest absolute Gasteiger partial charge is 0.399 e. The summed E-state index contributed by atoms with van der Waals surface area (Å²) in [6.45, 7) is 2.27. The Balaban J connectivity index is 1.90. The van der Waals surface area contributed by atoms with E-state index in [4.69, 9.17) is 5.73 Å². The Morgan fingerprint density at radius 3 is 2.33 bits per heavy atom. The second kappa shape index (κ2) is 6.42. The smallest absolute Gasteiger partial charge is 0.0326 e. The summed E-state index contributed by atoms with van der Waals surface area (Å²) in [5, 5.41) is 10.7. The molecule has 134 valence electrons. The van der Waals surface area contributed by atoms with Crippen molar-refractivity contribution in [3.05, 3.63) is 66.2 Å². The number of hydrogen-bond donors (Lipinski definition) is 1. The van der Waals surface area contributed by atoms with E-state index in [1.165, 1.54) is 74.3 Å². The van der Waals surface area contributed by atoms with Crippen LogP contribution in [0.4, 0.5) is 5.69 Å². The van der Waals surface area contributed by atoms with Gasteiger partial charge in [0.25, 0.3) is 0 Å². The normalized spacial score (nSPS) is 12.0. The average molecular weight is 351 g/mol. The predicted octanol–water partition coefficient (Wildman–Crippen LogP) is 7.44. The second-order valence-electron chi connectivity index (χ2n) is 7.79. The summed E-state index contributed by atoms with van der Waals surface area (Å²) < 4.78 is 0. The number of hydrogen-bond acceptors (Lipinski definition) is 1. The minimum absolute atomic E-state index is 0.839. The van der Waals surface area contributed by atoms with Crippen LogP contribution in [-0.4, -0.2) is 0 Å². The van der Waals surface area contributed by atoms with E-state index >= 15 is 0 Å². The number of rotatable bonds is 5. The lowest BCUT2D eigenvalue weighted by atomic mass is 9.86. The first-order valence-electron chi connectivity index (χ1n) is 10.2. The zero-order valence-corrected chi connectivity index (χ0v) is 15.9. The molecular formula is C26H25N. The molecule has 0 unspecified atom stereocenters. The van der Waals surface area contributed by atoms with Crippen LogP contribution in [0.15, 0.2) is 60.7 Å². The van der Waals surface area contributed by atoms with E-state index in [-0.39, 0.29) is 0 Å². The van der Waals surface area contributed by atoms with Crippen molar-refractivity contribution in [3.8, 4) is 0 Å². The molecule has 0 bridgehead atoms. The summed E-state index contributed by atoms with van der Waals surface area (Å²) >= 11 is 0. The van der Waals surface area contributed by atoms with Gasteiger partial charge in [0.05, 0.1) is 0 Å². The Labute approximate surface area is 160 Å². The summed E-state index contributed by atoms with van der Waals surface area (Å²) in [4.78, 5) is 0. The molecule has 0 aliphatic heterocycles. The zero-order valence-electron chi connectivity index (χ0n) is 15.9. The lowest BCUT2D eigenvalue weighted by Crippen LogP contribution is -1.94. The molecule has 0 saturated heterocycles. The van der Waals surface area contributed by atoms with E-state index in [1.807, 2.05) is 0 Å². The molecule has 5 rings (SSSR count). The number of nitrogen functional groups attached to an aromatic ring is 1. The molecule has 0 atom stereocenters. The molecule has 0 aromatic heterocycles. The fourth-order valence-corrected chi connectivity index (χ4v) is 4.78. The maximum Gasteiger partial charge on any atom is 0.0326 e. The Hall–Kier alpha value is -2.80. The van der Waals surface area contributed by atoms with Crippen LogP contribution in [0.3, 0.4) is 0 Å². The number of nitrogens with two attached hydrogens (primary N) is 1. The van der Waals surface area contributed by atoms with Crippen LogP contribution < -0.4 is 5.73 Å². The lowest BCUT2D eigenvalue weighted by molar-refractivity contribution is 0.668. The van der Waals surface area contributed by atoms with Crippen LogP contribution in [0, 0.1) is 0 Å². The third-order valence-electron chi connectivity index (χ3n) is 5.99. The predicted molar refractivity (Wildman–Crippen MR) is 120 cm³/mol. The van der Waals surface area contributed by atoms with E-state index in [2.05, 4.69) is 67.6 Å². The van der Waals surface area contributed by atoms with E-state index < -0.39 is 0 Å². The van der Waals surface area contributed by atoms with Crippen LogP contribution in [0.5, 0.6) is 0 Å². The SMILES string of the molecule is CCCCCCc1ccc2cccc3c4cc(N)cc5cccc(c1c23)c54. The van der Waals surface area contributed by atoms with Gasteiger partial charge in [0.1, 0.15) is 0 Å². The van der Waals surface area contributed by atoms with Gasteiger partial charge in [-0.2, -0.15) is 0 Å². The molecule has 0 spiro atoms. The van der Waals surface area contributed by atoms with Gasteiger partial charge in [0.2, 0.25) is 0 Å². The monoisotopic (exact) mass is 351 g/mol. The minimum Gasteiger partial charge on any atom is -0.399 e. The molecule has 0 heterocycles. The average Bonchev–Trinajstić information content (AvgIpc) is 2.69. The number of aryl methyl sites for hydroxylation is 1. The zero-order chi connectivity index (χ0) is 18.4. The topological polar surface area (TPSA) is 26.0 Å². The van der Waals surface area contributed by atoms with Crippen LogP contribution in [-0.2, 0) is 6.42 Å². The van der Waals surface area contributed by atoms with Crippen LogP contribution in [0.2, 0.25) is 0 Å². The minimum atomic E-state index is 0.839. The molecule has 0 fully saturated rings. The highest BCUT2D eigenvalue weighted by atomic mass is 14.5. The van der Waals surface area contributed by atoms with Crippen molar-refractivity contribution in [2.45, 2.75) is 39.0 Å². The van der Waals surface area contributed by atoms with Crippen LogP contribution in [0.1, 0.15) is 38.2 Å². The van der Waals surface area contributed by atoms with Gasteiger partial charge in [-0.1, -0.05) is 74.7 Å². The molecule has 2 N–H and O–H groups in total.